The molecule has 0 atom stereocenters. The van der Waals surface area contributed by atoms with Crippen LogP contribution in [0.2, 0.25) is 0 Å². The Kier molecular flexibility index (Phi) is 2.60. The lowest BCUT2D eigenvalue weighted by molar-refractivity contribution is 0.00863. The number of aromatic nitrogens is 1. The van der Waals surface area contributed by atoms with Crippen LogP contribution in [0.3, 0.4) is 0 Å². The van der Waals surface area contributed by atoms with Crippen molar-refractivity contribution >= 4 is 5.97 Å². The summed E-state index contributed by atoms with van der Waals surface area (Å²) < 4.78 is 9.97. The molecule has 0 bridgehead atoms. The fourth-order valence-corrected chi connectivity index (χ4v) is 2.00. The van der Waals surface area contributed by atoms with Crippen LogP contribution in [0.5, 0.6) is 0 Å². The number of rotatable bonds is 3. The number of aromatic carboxylic acids is 1. The zero-order valence-electron chi connectivity index (χ0n) is 9.50. The van der Waals surface area contributed by atoms with Gasteiger partial charge in [0, 0.05) is 17.5 Å². The first-order valence-corrected chi connectivity index (χ1v) is 5.63. The Morgan fingerprint density at radius 3 is 2.72 bits per heavy atom. The van der Waals surface area contributed by atoms with E-state index in [0.29, 0.717) is 24.8 Å². The van der Waals surface area contributed by atoms with Crippen molar-refractivity contribution in [2.75, 3.05) is 13.2 Å². The number of hydrogen-bond donors (Lipinski definition) is 1. The fourth-order valence-electron chi connectivity index (χ4n) is 2.00. The van der Waals surface area contributed by atoms with Crippen molar-refractivity contribution in [1.29, 1.82) is 0 Å². The van der Waals surface area contributed by atoms with E-state index in [1.54, 1.807) is 0 Å². The summed E-state index contributed by atoms with van der Waals surface area (Å²) in [6.07, 6.45) is 0. The Labute approximate surface area is 103 Å². The molecule has 1 aliphatic rings. The fraction of sp³-hybridized carbons (Fsp3) is 0.231. The molecule has 1 aromatic heterocycles. The van der Waals surface area contributed by atoms with E-state index >= 15 is 0 Å². The SMILES string of the molecule is O=C(O)c1cc(-c2ccccc2C2COC2)no1. The zero-order chi connectivity index (χ0) is 12.5. The lowest BCUT2D eigenvalue weighted by atomic mass is 9.91. The Hall–Kier alpha value is -2.14. The highest BCUT2D eigenvalue weighted by molar-refractivity contribution is 5.85. The zero-order valence-corrected chi connectivity index (χ0v) is 9.50. The molecule has 1 N–H and O–H groups in total. The summed E-state index contributed by atoms with van der Waals surface area (Å²) in [6.45, 7) is 1.39. The topological polar surface area (TPSA) is 72.6 Å². The molecule has 0 radical (unpaired) electrons. The van der Waals surface area contributed by atoms with Crippen LogP contribution in [0.15, 0.2) is 34.9 Å². The number of nitrogens with zero attached hydrogens (tertiary/aromatic N) is 1. The van der Waals surface area contributed by atoms with E-state index in [0.717, 1.165) is 11.1 Å². The van der Waals surface area contributed by atoms with E-state index in [2.05, 4.69) is 5.16 Å². The average molecular weight is 245 g/mol. The van der Waals surface area contributed by atoms with E-state index in [-0.39, 0.29) is 5.76 Å². The first-order valence-electron chi connectivity index (χ1n) is 5.63. The van der Waals surface area contributed by atoms with Gasteiger partial charge in [-0.2, -0.15) is 0 Å². The van der Waals surface area contributed by atoms with E-state index < -0.39 is 5.97 Å². The minimum Gasteiger partial charge on any atom is -0.475 e. The molecule has 18 heavy (non-hydrogen) atoms. The quantitative estimate of drug-likeness (QED) is 0.896. The minimum absolute atomic E-state index is 0.148. The molecule has 5 nitrogen and oxygen atoms in total. The van der Waals surface area contributed by atoms with Gasteiger partial charge in [-0.25, -0.2) is 4.79 Å². The van der Waals surface area contributed by atoms with Crippen molar-refractivity contribution in [2.24, 2.45) is 0 Å². The molecule has 0 amide bonds. The molecule has 1 fully saturated rings. The van der Waals surface area contributed by atoms with Crippen LogP contribution in [-0.4, -0.2) is 29.4 Å². The lowest BCUT2D eigenvalue weighted by Gasteiger charge is -2.27. The third-order valence-corrected chi connectivity index (χ3v) is 3.04. The summed E-state index contributed by atoms with van der Waals surface area (Å²) in [5.74, 6) is -0.908. The molecule has 1 saturated heterocycles. The van der Waals surface area contributed by atoms with Gasteiger partial charge in [-0.15, -0.1) is 0 Å². The normalized spacial score (nSPS) is 15.3. The molecular formula is C13H11NO4. The predicted molar refractivity (Wildman–Crippen MR) is 62.5 cm³/mol. The lowest BCUT2D eigenvalue weighted by Crippen LogP contribution is -2.25. The van der Waals surface area contributed by atoms with Crippen LogP contribution >= 0.6 is 0 Å². The van der Waals surface area contributed by atoms with Gasteiger partial charge in [0.2, 0.25) is 5.76 Å². The maximum Gasteiger partial charge on any atom is 0.374 e. The van der Waals surface area contributed by atoms with Gasteiger partial charge in [0.15, 0.2) is 0 Å². The predicted octanol–water partition coefficient (Wildman–Crippen LogP) is 2.15. The first kappa shape index (κ1) is 11.0. The second-order valence-corrected chi connectivity index (χ2v) is 4.20. The van der Waals surface area contributed by atoms with Gasteiger partial charge in [-0.3, -0.25) is 0 Å². The number of ether oxygens (including phenoxy) is 1. The molecule has 3 rings (SSSR count). The Morgan fingerprint density at radius 2 is 2.11 bits per heavy atom. The molecule has 0 aliphatic carbocycles. The van der Waals surface area contributed by atoms with Crippen molar-refractivity contribution in [2.45, 2.75) is 5.92 Å². The Morgan fingerprint density at radius 1 is 1.33 bits per heavy atom. The second-order valence-electron chi connectivity index (χ2n) is 4.20. The third-order valence-electron chi connectivity index (χ3n) is 3.04. The van der Waals surface area contributed by atoms with Gasteiger partial charge >= 0.3 is 5.97 Å². The van der Waals surface area contributed by atoms with Gasteiger partial charge in [0.1, 0.15) is 5.69 Å². The largest absolute Gasteiger partial charge is 0.475 e. The minimum atomic E-state index is -1.11. The van der Waals surface area contributed by atoms with E-state index in [4.69, 9.17) is 14.4 Å². The van der Waals surface area contributed by atoms with Gasteiger partial charge in [0.05, 0.1) is 13.2 Å². The van der Waals surface area contributed by atoms with E-state index in [1.165, 1.54) is 6.07 Å². The van der Waals surface area contributed by atoms with E-state index in [9.17, 15) is 4.79 Å². The second kappa shape index (κ2) is 4.27. The maximum atomic E-state index is 10.8. The van der Waals surface area contributed by atoms with Crippen molar-refractivity contribution in [3.05, 3.63) is 41.7 Å². The number of carboxylic acid groups (broad SMARTS) is 1. The summed E-state index contributed by atoms with van der Waals surface area (Å²) >= 11 is 0. The number of benzene rings is 1. The van der Waals surface area contributed by atoms with Crippen molar-refractivity contribution in [3.8, 4) is 11.3 Å². The molecule has 0 spiro atoms. The summed E-state index contributed by atoms with van der Waals surface area (Å²) in [6, 6.07) is 9.22. The molecule has 2 aromatic rings. The summed E-state index contributed by atoms with van der Waals surface area (Å²) in [4.78, 5) is 10.8. The van der Waals surface area contributed by atoms with Gasteiger partial charge < -0.3 is 14.4 Å². The molecular weight excluding hydrogens is 234 g/mol. The number of carboxylic acids is 1. The van der Waals surface area contributed by atoms with Crippen molar-refractivity contribution in [3.63, 3.8) is 0 Å². The van der Waals surface area contributed by atoms with Crippen LogP contribution in [-0.2, 0) is 4.74 Å². The first-order chi connectivity index (χ1) is 8.75. The van der Waals surface area contributed by atoms with Gasteiger partial charge in [-0.05, 0) is 5.56 Å². The maximum absolute atomic E-state index is 10.8. The highest BCUT2D eigenvalue weighted by Crippen LogP contribution is 2.32. The standard InChI is InChI=1S/C13H11NO4/c15-13(16)12-5-11(14-18-12)10-4-2-1-3-9(10)8-6-17-7-8/h1-5,8H,6-7H2,(H,15,16). The van der Waals surface area contributed by atoms with Crippen LogP contribution < -0.4 is 0 Å². The molecule has 1 aromatic carbocycles. The number of hydrogen-bond acceptors (Lipinski definition) is 4. The highest BCUT2D eigenvalue weighted by atomic mass is 16.5. The van der Waals surface area contributed by atoms with Crippen LogP contribution in [0.25, 0.3) is 11.3 Å². The highest BCUT2D eigenvalue weighted by Gasteiger charge is 2.24. The molecule has 0 unspecified atom stereocenters. The van der Waals surface area contributed by atoms with Crippen LogP contribution in [0.1, 0.15) is 22.0 Å². The monoisotopic (exact) mass is 245 g/mol. The molecule has 5 heteroatoms. The smallest absolute Gasteiger partial charge is 0.374 e. The van der Waals surface area contributed by atoms with Crippen molar-refractivity contribution in [1.82, 2.24) is 5.16 Å². The summed E-state index contributed by atoms with van der Waals surface area (Å²) in [5, 5.41) is 12.6. The van der Waals surface area contributed by atoms with Gasteiger partial charge in [-0.1, -0.05) is 29.4 Å². The third kappa shape index (κ3) is 1.78. The summed E-state index contributed by atoms with van der Waals surface area (Å²) in [7, 11) is 0. The molecule has 0 saturated carbocycles. The average Bonchev–Trinajstić information content (AvgIpc) is 2.77. The molecule has 1 aliphatic heterocycles. The van der Waals surface area contributed by atoms with E-state index in [1.807, 2.05) is 24.3 Å². The molecule has 2 heterocycles. The van der Waals surface area contributed by atoms with Gasteiger partial charge in [0.25, 0.3) is 0 Å². The van der Waals surface area contributed by atoms with Crippen LogP contribution in [0, 0.1) is 0 Å². The Bertz CT molecular complexity index is 586. The van der Waals surface area contributed by atoms with Crippen LogP contribution in [0.4, 0.5) is 0 Å². The summed E-state index contributed by atoms with van der Waals surface area (Å²) in [5.41, 5.74) is 2.57. The Balaban J connectivity index is 2.02. The number of carbonyl (C=O) groups is 1. The van der Waals surface area contributed by atoms with Crippen molar-refractivity contribution < 1.29 is 19.2 Å². The molecule has 92 valence electrons.